The van der Waals surface area contributed by atoms with Crippen molar-refractivity contribution >= 4 is 23.2 Å². The number of hydrogen-bond donors (Lipinski definition) is 0. The molecule has 0 radical (unpaired) electrons. The van der Waals surface area contributed by atoms with Crippen LogP contribution in [0.15, 0.2) is 54.6 Å². The largest absolute Gasteiger partial charge is 0.315 e. The Labute approximate surface area is 130 Å². The zero-order valence-corrected chi connectivity index (χ0v) is 12.8. The van der Waals surface area contributed by atoms with Gasteiger partial charge in [0.2, 0.25) is 5.91 Å². The first-order chi connectivity index (χ1) is 10.1. The number of amides is 1. The van der Waals surface area contributed by atoms with Gasteiger partial charge in [0.1, 0.15) is 0 Å². The first-order valence-corrected chi connectivity index (χ1v) is 7.60. The fourth-order valence-corrected chi connectivity index (χ4v) is 3.14. The van der Waals surface area contributed by atoms with E-state index in [1.54, 1.807) is 4.90 Å². The molecule has 0 aromatic heterocycles. The number of halogens is 1. The van der Waals surface area contributed by atoms with E-state index in [1.807, 2.05) is 61.6 Å². The molecule has 1 aliphatic carbocycles. The molecule has 3 heteroatoms. The number of anilines is 1. The van der Waals surface area contributed by atoms with Crippen molar-refractivity contribution in [2.45, 2.75) is 24.7 Å². The SMILES string of the molecule is CN(C(=O)C1(c2ccc(Cl)cc2)CCC1)c1ccccc1. The minimum atomic E-state index is -0.380. The van der Waals surface area contributed by atoms with E-state index in [-0.39, 0.29) is 11.3 Å². The number of hydrogen-bond acceptors (Lipinski definition) is 1. The Bertz CT molecular complexity index is 632. The Morgan fingerprint density at radius 1 is 1.05 bits per heavy atom. The van der Waals surface area contributed by atoms with Crippen LogP contribution in [0.2, 0.25) is 5.02 Å². The van der Waals surface area contributed by atoms with E-state index in [1.165, 1.54) is 0 Å². The third kappa shape index (κ3) is 2.44. The summed E-state index contributed by atoms with van der Waals surface area (Å²) in [4.78, 5) is 14.8. The van der Waals surface area contributed by atoms with Gasteiger partial charge in [0.25, 0.3) is 0 Å². The highest BCUT2D eigenvalue weighted by Gasteiger charge is 2.47. The van der Waals surface area contributed by atoms with Crippen LogP contribution in [0, 0.1) is 0 Å². The van der Waals surface area contributed by atoms with Gasteiger partial charge in [0.15, 0.2) is 0 Å². The summed E-state index contributed by atoms with van der Waals surface area (Å²) in [5.74, 6) is 0.169. The van der Waals surface area contributed by atoms with Crippen LogP contribution in [0.25, 0.3) is 0 Å². The lowest BCUT2D eigenvalue weighted by atomic mass is 9.63. The van der Waals surface area contributed by atoms with Gasteiger partial charge in [0.05, 0.1) is 5.41 Å². The number of rotatable bonds is 3. The number of likely N-dealkylation sites (N-methyl/N-ethyl adjacent to an activating group) is 1. The first-order valence-electron chi connectivity index (χ1n) is 7.23. The Hall–Kier alpha value is -1.80. The van der Waals surface area contributed by atoms with Crippen molar-refractivity contribution in [2.75, 3.05) is 11.9 Å². The molecule has 1 amide bonds. The third-order valence-corrected chi connectivity index (χ3v) is 4.71. The molecule has 2 aromatic rings. The fraction of sp³-hybridized carbons (Fsp3) is 0.278. The van der Waals surface area contributed by atoms with Crippen molar-refractivity contribution in [3.05, 3.63) is 65.2 Å². The summed E-state index contributed by atoms with van der Waals surface area (Å²) in [5, 5.41) is 0.706. The summed E-state index contributed by atoms with van der Waals surface area (Å²) in [7, 11) is 1.85. The highest BCUT2D eigenvalue weighted by molar-refractivity contribution is 6.30. The van der Waals surface area contributed by atoms with E-state index in [9.17, 15) is 4.79 Å². The average Bonchev–Trinajstić information content (AvgIpc) is 2.48. The zero-order chi connectivity index (χ0) is 14.9. The molecule has 0 bridgehead atoms. The summed E-state index contributed by atoms with van der Waals surface area (Å²) in [6, 6.07) is 17.5. The summed E-state index contributed by atoms with van der Waals surface area (Å²) in [6.07, 6.45) is 2.91. The van der Waals surface area contributed by atoms with Crippen LogP contribution in [0.5, 0.6) is 0 Å². The van der Waals surface area contributed by atoms with Gasteiger partial charge in [-0.15, -0.1) is 0 Å². The van der Waals surface area contributed by atoms with Crippen LogP contribution in [-0.2, 0) is 10.2 Å². The summed E-state index contributed by atoms with van der Waals surface area (Å²) in [6.45, 7) is 0. The Kier molecular flexibility index (Phi) is 3.73. The summed E-state index contributed by atoms with van der Waals surface area (Å²) < 4.78 is 0. The molecule has 0 saturated heterocycles. The second kappa shape index (κ2) is 5.53. The molecule has 2 aromatic carbocycles. The maximum absolute atomic E-state index is 13.0. The first kappa shape index (κ1) is 14.2. The van der Waals surface area contributed by atoms with E-state index in [4.69, 9.17) is 11.6 Å². The van der Waals surface area contributed by atoms with Crippen LogP contribution < -0.4 is 4.90 Å². The van der Waals surface area contributed by atoms with Crippen molar-refractivity contribution in [3.63, 3.8) is 0 Å². The Morgan fingerprint density at radius 2 is 1.67 bits per heavy atom. The number of carbonyl (C=O) groups excluding carboxylic acids is 1. The highest BCUT2D eigenvalue weighted by Crippen LogP contribution is 2.45. The topological polar surface area (TPSA) is 20.3 Å². The molecule has 0 spiro atoms. The minimum Gasteiger partial charge on any atom is -0.315 e. The second-order valence-electron chi connectivity index (χ2n) is 5.64. The molecular weight excluding hydrogens is 282 g/mol. The molecule has 0 atom stereocenters. The number of benzene rings is 2. The number of carbonyl (C=O) groups is 1. The van der Waals surface area contributed by atoms with Gasteiger partial charge in [0, 0.05) is 17.8 Å². The van der Waals surface area contributed by atoms with Gasteiger partial charge in [-0.2, -0.15) is 0 Å². The van der Waals surface area contributed by atoms with Crippen LogP contribution in [0.3, 0.4) is 0 Å². The summed E-state index contributed by atoms with van der Waals surface area (Å²) >= 11 is 5.97. The zero-order valence-electron chi connectivity index (χ0n) is 12.1. The van der Waals surface area contributed by atoms with Crippen molar-refractivity contribution in [3.8, 4) is 0 Å². The van der Waals surface area contributed by atoms with Crippen molar-refractivity contribution in [2.24, 2.45) is 0 Å². The van der Waals surface area contributed by atoms with Gasteiger partial charge < -0.3 is 4.90 Å². The maximum Gasteiger partial charge on any atom is 0.237 e. The third-order valence-electron chi connectivity index (χ3n) is 4.46. The van der Waals surface area contributed by atoms with Gasteiger partial charge in [-0.05, 0) is 42.7 Å². The van der Waals surface area contributed by atoms with Crippen LogP contribution >= 0.6 is 11.6 Å². The van der Waals surface area contributed by atoms with Gasteiger partial charge >= 0.3 is 0 Å². The molecule has 1 aliphatic rings. The maximum atomic E-state index is 13.0. The van der Waals surface area contributed by atoms with E-state index in [2.05, 4.69) is 0 Å². The average molecular weight is 300 g/mol. The number of nitrogens with zero attached hydrogens (tertiary/aromatic N) is 1. The standard InChI is InChI=1S/C18H18ClNO/c1-20(16-6-3-2-4-7-16)17(21)18(12-5-13-18)14-8-10-15(19)11-9-14/h2-4,6-11H,5,12-13H2,1H3. The van der Waals surface area contributed by atoms with Gasteiger partial charge in [-0.25, -0.2) is 0 Å². The van der Waals surface area contributed by atoms with E-state index in [0.717, 1.165) is 30.5 Å². The fourth-order valence-electron chi connectivity index (χ4n) is 3.02. The van der Waals surface area contributed by atoms with E-state index in [0.29, 0.717) is 5.02 Å². The molecule has 0 aliphatic heterocycles. The van der Waals surface area contributed by atoms with E-state index >= 15 is 0 Å². The van der Waals surface area contributed by atoms with Crippen molar-refractivity contribution in [1.82, 2.24) is 0 Å². The minimum absolute atomic E-state index is 0.169. The lowest BCUT2D eigenvalue weighted by Gasteiger charge is -2.43. The van der Waals surface area contributed by atoms with Crippen molar-refractivity contribution < 1.29 is 4.79 Å². The monoisotopic (exact) mass is 299 g/mol. The molecule has 1 fully saturated rings. The lowest BCUT2D eigenvalue weighted by molar-refractivity contribution is -0.126. The summed E-state index contributed by atoms with van der Waals surface area (Å²) in [5.41, 5.74) is 1.63. The molecule has 3 rings (SSSR count). The van der Waals surface area contributed by atoms with Crippen molar-refractivity contribution in [1.29, 1.82) is 0 Å². The predicted molar refractivity (Wildman–Crippen MR) is 86.8 cm³/mol. The van der Waals surface area contributed by atoms with Crippen LogP contribution in [-0.4, -0.2) is 13.0 Å². The second-order valence-corrected chi connectivity index (χ2v) is 6.08. The molecule has 0 unspecified atom stereocenters. The Balaban J connectivity index is 1.92. The molecule has 1 saturated carbocycles. The quantitative estimate of drug-likeness (QED) is 0.821. The van der Waals surface area contributed by atoms with Crippen LogP contribution in [0.4, 0.5) is 5.69 Å². The smallest absolute Gasteiger partial charge is 0.237 e. The van der Waals surface area contributed by atoms with E-state index < -0.39 is 0 Å². The number of para-hydroxylation sites is 1. The van der Waals surface area contributed by atoms with Gasteiger partial charge in [-0.1, -0.05) is 48.4 Å². The van der Waals surface area contributed by atoms with Gasteiger partial charge in [-0.3, -0.25) is 4.79 Å². The van der Waals surface area contributed by atoms with Crippen LogP contribution in [0.1, 0.15) is 24.8 Å². The molecule has 108 valence electrons. The molecular formula is C18H18ClNO. The molecule has 0 N–H and O–H groups in total. The molecule has 21 heavy (non-hydrogen) atoms. The normalized spacial score (nSPS) is 16.1. The predicted octanol–water partition coefficient (Wildman–Crippen LogP) is 4.42. The molecule has 0 heterocycles. The lowest BCUT2D eigenvalue weighted by Crippen LogP contribution is -2.50. The Morgan fingerprint density at radius 3 is 2.19 bits per heavy atom. The molecule has 2 nitrogen and oxygen atoms in total. The highest BCUT2D eigenvalue weighted by atomic mass is 35.5.